The second-order valence-corrected chi connectivity index (χ2v) is 12.2. The normalized spacial score (nSPS) is 32.1. The Morgan fingerprint density at radius 3 is 2.30 bits per heavy atom. The van der Waals surface area contributed by atoms with Crippen LogP contribution in [-0.2, 0) is 14.0 Å². The number of ether oxygens (including phenoxy) is 1. The smallest absolute Gasteiger partial charge is 0.311 e. The first-order valence-corrected chi connectivity index (χ1v) is 10.4. The molecule has 0 amide bonds. The maximum atomic E-state index is 12.0. The molecule has 4 atom stereocenters. The topological polar surface area (TPSA) is 55.8 Å². The highest BCUT2D eigenvalue weighted by Gasteiger charge is 2.47. The van der Waals surface area contributed by atoms with Crippen LogP contribution in [0.2, 0.25) is 18.1 Å². The number of aliphatic hydroxyl groups is 1. The van der Waals surface area contributed by atoms with Crippen LogP contribution in [0.25, 0.3) is 0 Å². The zero-order chi connectivity index (χ0) is 15.7. The van der Waals surface area contributed by atoms with Gasteiger partial charge in [0.2, 0.25) is 0 Å². The van der Waals surface area contributed by atoms with Gasteiger partial charge < -0.3 is 14.3 Å². The Balaban J connectivity index is 2.92. The molecule has 1 rings (SSSR count). The minimum absolute atomic E-state index is 0.0312. The fourth-order valence-corrected chi connectivity index (χ4v) is 3.79. The summed E-state index contributed by atoms with van der Waals surface area (Å²) in [5.74, 6) is -0.330. The SMILES string of the molecule is C[C@@H]1C(O[Si](C)(C)C(C)(C)C)[C@@H](C)C(=O)O[C@H]1CCO. The minimum atomic E-state index is -1.93. The first kappa shape index (κ1) is 17.7. The molecule has 1 unspecified atom stereocenters. The molecule has 0 saturated carbocycles. The molecule has 1 N–H and O–H groups in total. The molecule has 0 aromatic carbocycles. The standard InChI is InChI=1S/C15H30O4Si/c1-10-12(8-9-16)18-14(17)11(2)13(10)19-20(6,7)15(3,4)5/h10-13,16H,8-9H2,1-7H3/t10-,11+,12-,13?/m0/s1. The van der Waals surface area contributed by atoms with Crippen LogP contribution in [0.3, 0.4) is 0 Å². The second kappa shape index (κ2) is 6.16. The second-order valence-electron chi connectivity index (χ2n) is 7.48. The Labute approximate surface area is 124 Å². The predicted molar refractivity (Wildman–Crippen MR) is 82.0 cm³/mol. The largest absolute Gasteiger partial charge is 0.462 e. The van der Waals surface area contributed by atoms with Gasteiger partial charge in [-0.05, 0) is 25.1 Å². The summed E-state index contributed by atoms with van der Waals surface area (Å²) in [6.07, 6.45) is 0.129. The van der Waals surface area contributed by atoms with Gasteiger partial charge in [0.15, 0.2) is 8.32 Å². The van der Waals surface area contributed by atoms with Gasteiger partial charge in [0, 0.05) is 18.9 Å². The molecule has 0 aromatic rings. The van der Waals surface area contributed by atoms with Gasteiger partial charge in [-0.2, -0.15) is 0 Å². The van der Waals surface area contributed by atoms with Crippen LogP contribution in [0.4, 0.5) is 0 Å². The quantitative estimate of drug-likeness (QED) is 0.641. The molecule has 0 aliphatic carbocycles. The van der Waals surface area contributed by atoms with Crippen LogP contribution >= 0.6 is 0 Å². The zero-order valence-corrected chi connectivity index (χ0v) is 14.9. The Kier molecular flexibility index (Phi) is 5.44. The number of carbonyl (C=O) groups is 1. The van der Waals surface area contributed by atoms with Crippen molar-refractivity contribution in [3.05, 3.63) is 0 Å². The summed E-state index contributed by atoms with van der Waals surface area (Å²) in [6, 6.07) is 0. The fourth-order valence-electron chi connectivity index (χ4n) is 2.34. The van der Waals surface area contributed by atoms with Gasteiger partial charge in [-0.1, -0.05) is 27.7 Å². The van der Waals surface area contributed by atoms with Crippen molar-refractivity contribution in [2.75, 3.05) is 6.61 Å². The number of carbonyl (C=O) groups excluding carboxylic acids is 1. The minimum Gasteiger partial charge on any atom is -0.462 e. The van der Waals surface area contributed by atoms with Crippen molar-refractivity contribution < 1.29 is 19.1 Å². The summed E-state index contributed by atoms with van der Waals surface area (Å²) in [4.78, 5) is 12.0. The number of hydrogen-bond donors (Lipinski definition) is 1. The fraction of sp³-hybridized carbons (Fsp3) is 0.933. The summed E-state index contributed by atoms with van der Waals surface area (Å²) < 4.78 is 11.9. The molecule has 4 nitrogen and oxygen atoms in total. The molecule has 0 bridgehead atoms. The maximum absolute atomic E-state index is 12.0. The highest BCUT2D eigenvalue weighted by Crippen LogP contribution is 2.41. The van der Waals surface area contributed by atoms with Gasteiger partial charge >= 0.3 is 5.97 Å². The number of aliphatic hydroxyl groups excluding tert-OH is 1. The van der Waals surface area contributed by atoms with Crippen molar-refractivity contribution in [2.45, 2.75) is 71.4 Å². The van der Waals surface area contributed by atoms with E-state index in [0.29, 0.717) is 6.42 Å². The maximum Gasteiger partial charge on any atom is 0.311 e. The molecule has 1 fully saturated rings. The van der Waals surface area contributed by atoms with Crippen molar-refractivity contribution in [2.24, 2.45) is 11.8 Å². The molecular weight excluding hydrogens is 272 g/mol. The van der Waals surface area contributed by atoms with E-state index in [4.69, 9.17) is 14.3 Å². The highest BCUT2D eigenvalue weighted by molar-refractivity contribution is 6.74. The molecule has 1 aliphatic heterocycles. The number of hydrogen-bond acceptors (Lipinski definition) is 4. The van der Waals surface area contributed by atoms with Gasteiger partial charge in [0.05, 0.1) is 12.0 Å². The molecule has 0 aromatic heterocycles. The molecule has 0 spiro atoms. The van der Waals surface area contributed by atoms with E-state index in [-0.39, 0.29) is 41.7 Å². The van der Waals surface area contributed by atoms with Crippen molar-refractivity contribution in [1.29, 1.82) is 0 Å². The Morgan fingerprint density at radius 1 is 1.30 bits per heavy atom. The van der Waals surface area contributed by atoms with E-state index in [1.165, 1.54) is 0 Å². The Bertz CT molecular complexity index is 348. The van der Waals surface area contributed by atoms with E-state index in [1.54, 1.807) is 0 Å². The van der Waals surface area contributed by atoms with Gasteiger partial charge in [-0.15, -0.1) is 0 Å². The lowest BCUT2D eigenvalue weighted by atomic mass is 9.85. The number of esters is 1. The van der Waals surface area contributed by atoms with Crippen LogP contribution in [0.5, 0.6) is 0 Å². The van der Waals surface area contributed by atoms with E-state index in [2.05, 4.69) is 40.8 Å². The van der Waals surface area contributed by atoms with E-state index in [1.807, 2.05) is 6.92 Å². The van der Waals surface area contributed by atoms with E-state index < -0.39 is 8.32 Å². The lowest BCUT2D eigenvalue weighted by Gasteiger charge is -2.46. The van der Waals surface area contributed by atoms with Crippen LogP contribution in [0.15, 0.2) is 0 Å². The Morgan fingerprint density at radius 2 is 1.85 bits per heavy atom. The number of cyclic esters (lactones) is 1. The van der Waals surface area contributed by atoms with Crippen molar-refractivity contribution in [1.82, 2.24) is 0 Å². The summed E-state index contributed by atoms with van der Waals surface area (Å²) in [5, 5.41) is 9.22. The van der Waals surface area contributed by atoms with Crippen LogP contribution < -0.4 is 0 Å². The van der Waals surface area contributed by atoms with Crippen LogP contribution in [0, 0.1) is 11.8 Å². The van der Waals surface area contributed by atoms with E-state index >= 15 is 0 Å². The summed E-state index contributed by atoms with van der Waals surface area (Å²) in [6.45, 7) is 15.0. The molecule has 0 radical (unpaired) electrons. The predicted octanol–water partition coefficient (Wildman–Crippen LogP) is 2.96. The zero-order valence-electron chi connectivity index (χ0n) is 13.9. The average molecular weight is 302 g/mol. The molecule has 1 heterocycles. The number of rotatable bonds is 4. The lowest BCUT2D eigenvalue weighted by Crippen LogP contribution is -2.54. The third-order valence-electron chi connectivity index (χ3n) is 4.89. The molecule has 118 valence electrons. The third kappa shape index (κ3) is 3.62. The van der Waals surface area contributed by atoms with Gasteiger partial charge in [-0.3, -0.25) is 4.79 Å². The first-order valence-electron chi connectivity index (χ1n) is 7.50. The average Bonchev–Trinajstić information content (AvgIpc) is 2.30. The van der Waals surface area contributed by atoms with Crippen molar-refractivity contribution >= 4 is 14.3 Å². The van der Waals surface area contributed by atoms with Gasteiger partial charge in [0.25, 0.3) is 0 Å². The van der Waals surface area contributed by atoms with Gasteiger partial charge in [0.1, 0.15) is 6.10 Å². The highest BCUT2D eigenvalue weighted by atomic mass is 28.4. The van der Waals surface area contributed by atoms with E-state index in [0.717, 1.165) is 0 Å². The molecule has 5 heteroatoms. The molecule has 1 saturated heterocycles. The monoisotopic (exact) mass is 302 g/mol. The van der Waals surface area contributed by atoms with Crippen LogP contribution in [0.1, 0.15) is 41.0 Å². The summed E-state index contributed by atoms with van der Waals surface area (Å²) in [5.41, 5.74) is 0. The van der Waals surface area contributed by atoms with Crippen molar-refractivity contribution in [3.63, 3.8) is 0 Å². The molecule has 20 heavy (non-hydrogen) atoms. The summed E-state index contributed by atoms with van der Waals surface area (Å²) >= 11 is 0. The molecular formula is C15H30O4Si. The van der Waals surface area contributed by atoms with Crippen LogP contribution in [-0.4, -0.2) is 38.2 Å². The lowest BCUT2D eigenvalue weighted by molar-refractivity contribution is -0.177. The summed E-state index contributed by atoms with van der Waals surface area (Å²) in [7, 11) is -1.93. The first-order chi connectivity index (χ1) is 9.01. The molecule has 1 aliphatic rings. The Hall–Kier alpha value is -0.393. The van der Waals surface area contributed by atoms with Crippen molar-refractivity contribution in [3.8, 4) is 0 Å². The third-order valence-corrected chi connectivity index (χ3v) is 9.36. The van der Waals surface area contributed by atoms with E-state index in [9.17, 15) is 4.79 Å². The van der Waals surface area contributed by atoms with Gasteiger partial charge in [-0.25, -0.2) is 0 Å².